The Morgan fingerprint density at radius 1 is 1.40 bits per heavy atom. The monoisotopic (exact) mass is 276 g/mol. The molecule has 2 rings (SSSR count). The summed E-state index contributed by atoms with van der Waals surface area (Å²) in [4.78, 5) is 17.2. The van der Waals surface area contributed by atoms with Gasteiger partial charge in [-0.05, 0) is 38.9 Å². The SMILES string of the molecule is CC(C)N(CCCC(=O)O)Cc1nc2ccccc2o1. The number of hydrogen-bond donors (Lipinski definition) is 1. The first-order chi connectivity index (χ1) is 9.56. The number of para-hydroxylation sites is 2. The van der Waals surface area contributed by atoms with Gasteiger partial charge in [-0.15, -0.1) is 0 Å². The molecule has 2 aromatic rings. The van der Waals surface area contributed by atoms with Crippen LogP contribution in [0, 0.1) is 0 Å². The highest BCUT2D eigenvalue weighted by atomic mass is 16.4. The van der Waals surface area contributed by atoms with Crippen molar-refractivity contribution < 1.29 is 14.3 Å². The lowest BCUT2D eigenvalue weighted by molar-refractivity contribution is -0.137. The number of carboxylic acids is 1. The number of aromatic nitrogens is 1. The maximum Gasteiger partial charge on any atom is 0.303 e. The summed E-state index contributed by atoms with van der Waals surface area (Å²) < 4.78 is 5.71. The summed E-state index contributed by atoms with van der Waals surface area (Å²) >= 11 is 0. The Labute approximate surface area is 118 Å². The average Bonchev–Trinajstić information content (AvgIpc) is 2.79. The molecule has 0 saturated carbocycles. The fourth-order valence-electron chi connectivity index (χ4n) is 2.11. The van der Waals surface area contributed by atoms with Gasteiger partial charge in [-0.25, -0.2) is 4.98 Å². The first-order valence-electron chi connectivity index (χ1n) is 6.86. The van der Waals surface area contributed by atoms with Crippen LogP contribution in [0.5, 0.6) is 0 Å². The molecule has 0 fully saturated rings. The maximum absolute atomic E-state index is 10.6. The number of benzene rings is 1. The quantitative estimate of drug-likeness (QED) is 0.842. The molecule has 0 unspecified atom stereocenters. The number of rotatable bonds is 7. The van der Waals surface area contributed by atoms with Gasteiger partial charge in [0.05, 0.1) is 6.54 Å². The topological polar surface area (TPSA) is 66.6 Å². The third-order valence-electron chi connectivity index (χ3n) is 3.24. The lowest BCUT2D eigenvalue weighted by Gasteiger charge is -2.24. The van der Waals surface area contributed by atoms with Crippen molar-refractivity contribution in [2.75, 3.05) is 6.54 Å². The van der Waals surface area contributed by atoms with Crippen LogP contribution >= 0.6 is 0 Å². The van der Waals surface area contributed by atoms with Crippen molar-refractivity contribution in [3.8, 4) is 0 Å². The molecule has 5 nitrogen and oxygen atoms in total. The fraction of sp³-hybridized carbons (Fsp3) is 0.467. The highest BCUT2D eigenvalue weighted by Crippen LogP contribution is 2.17. The van der Waals surface area contributed by atoms with Crippen LogP contribution in [0.15, 0.2) is 28.7 Å². The van der Waals surface area contributed by atoms with Gasteiger partial charge >= 0.3 is 5.97 Å². The van der Waals surface area contributed by atoms with Crippen LogP contribution in [0.25, 0.3) is 11.1 Å². The fourth-order valence-corrected chi connectivity index (χ4v) is 2.11. The van der Waals surface area contributed by atoms with Crippen molar-refractivity contribution in [2.24, 2.45) is 0 Å². The summed E-state index contributed by atoms with van der Waals surface area (Å²) in [6.07, 6.45) is 0.824. The van der Waals surface area contributed by atoms with Crippen LogP contribution in [-0.2, 0) is 11.3 Å². The van der Waals surface area contributed by atoms with Gasteiger partial charge in [-0.3, -0.25) is 9.69 Å². The molecule has 0 saturated heterocycles. The Kier molecular flexibility index (Phi) is 4.74. The Morgan fingerprint density at radius 2 is 2.15 bits per heavy atom. The van der Waals surface area contributed by atoms with Gasteiger partial charge in [0, 0.05) is 12.5 Å². The van der Waals surface area contributed by atoms with Crippen molar-refractivity contribution in [2.45, 2.75) is 39.3 Å². The third kappa shape index (κ3) is 3.81. The van der Waals surface area contributed by atoms with Gasteiger partial charge in [0.1, 0.15) is 5.52 Å². The summed E-state index contributed by atoms with van der Waals surface area (Å²) in [5.74, 6) is -0.0780. The Hall–Kier alpha value is -1.88. The zero-order valence-corrected chi connectivity index (χ0v) is 11.9. The number of aliphatic carboxylic acids is 1. The molecule has 0 aliphatic carbocycles. The molecule has 0 bridgehead atoms. The van der Waals surface area contributed by atoms with Crippen molar-refractivity contribution >= 4 is 17.1 Å². The molecule has 0 aliphatic heterocycles. The standard InChI is InChI=1S/C15H20N2O3/c1-11(2)17(9-5-8-15(18)19)10-14-16-12-6-3-4-7-13(12)20-14/h3-4,6-7,11H,5,8-10H2,1-2H3,(H,18,19). The minimum Gasteiger partial charge on any atom is -0.481 e. The van der Waals surface area contributed by atoms with E-state index < -0.39 is 5.97 Å². The molecule has 1 N–H and O–H groups in total. The van der Waals surface area contributed by atoms with E-state index in [1.807, 2.05) is 24.3 Å². The Bertz CT molecular complexity index is 544. The molecule has 0 radical (unpaired) electrons. The smallest absolute Gasteiger partial charge is 0.303 e. The zero-order chi connectivity index (χ0) is 14.5. The maximum atomic E-state index is 10.6. The molecule has 5 heteroatoms. The van der Waals surface area contributed by atoms with Crippen LogP contribution in [-0.4, -0.2) is 33.5 Å². The predicted octanol–water partition coefficient (Wildman–Crippen LogP) is 2.90. The number of fused-ring (bicyclic) bond motifs is 1. The molecule has 0 atom stereocenters. The number of nitrogens with zero attached hydrogens (tertiary/aromatic N) is 2. The molecule has 0 aliphatic rings. The minimum absolute atomic E-state index is 0.191. The zero-order valence-electron chi connectivity index (χ0n) is 11.9. The molecule has 1 aromatic heterocycles. The van der Waals surface area contributed by atoms with Gasteiger partial charge in [0.2, 0.25) is 5.89 Å². The van der Waals surface area contributed by atoms with Crippen molar-refractivity contribution in [1.82, 2.24) is 9.88 Å². The summed E-state index contributed by atoms with van der Waals surface area (Å²) in [5.41, 5.74) is 1.65. The van der Waals surface area contributed by atoms with E-state index in [1.165, 1.54) is 0 Å². The van der Waals surface area contributed by atoms with Gasteiger partial charge in [0.25, 0.3) is 0 Å². The number of oxazole rings is 1. The summed E-state index contributed by atoms with van der Waals surface area (Å²) in [6.45, 7) is 5.50. The lowest BCUT2D eigenvalue weighted by atomic mass is 10.2. The molecule has 1 heterocycles. The van der Waals surface area contributed by atoms with Crippen molar-refractivity contribution in [3.63, 3.8) is 0 Å². The van der Waals surface area contributed by atoms with Crippen molar-refractivity contribution in [1.29, 1.82) is 0 Å². The third-order valence-corrected chi connectivity index (χ3v) is 3.24. The first kappa shape index (κ1) is 14.5. The second kappa shape index (κ2) is 6.52. The van der Waals surface area contributed by atoms with Crippen LogP contribution in [0.1, 0.15) is 32.6 Å². The Morgan fingerprint density at radius 3 is 2.80 bits per heavy atom. The second-order valence-electron chi connectivity index (χ2n) is 5.14. The molecule has 0 spiro atoms. The van der Waals surface area contributed by atoms with Crippen molar-refractivity contribution in [3.05, 3.63) is 30.2 Å². The van der Waals surface area contributed by atoms with E-state index in [9.17, 15) is 4.79 Å². The van der Waals surface area contributed by atoms with E-state index in [0.29, 0.717) is 24.9 Å². The van der Waals surface area contributed by atoms with Crippen LogP contribution in [0.4, 0.5) is 0 Å². The van der Waals surface area contributed by atoms with Gasteiger partial charge in [0.15, 0.2) is 5.58 Å². The highest BCUT2D eigenvalue weighted by molar-refractivity contribution is 5.72. The molecule has 108 valence electrons. The molecule has 1 aromatic carbocycles. The van der Waals surface area contributed by atoms with E-state index >= 15 is 0 Å². The number of carbonyl (C=O) groups is 1. The van der Waals surface area contributed by atoms with E-state index in [4.69, 9.17) is 9.52 Å². The van der Waals surface area contributed by atoms with E-state index in [1.54, 1.807) is 0 Å². The molecule has 20 heavy (non-hydrogen) atoms. The second-order valence-corrected chi connectivity index (χ2v) is 5.14. The minimum atomic E-state index is -0.754. The van der Waals surface area contributed by atoms with Crippen LogP contribution in [0.2, 0.25) is 0 Å². The molecular weight excluding hydrogens is 256 g/mol. The number of carboxylic acid groups (broad SMARTS) is 1. The van der Waals surface area contributed by atoms with E-state index in [0.717, 1.165) is 17.6 Å². The predicted molar refractivity (Wildman–Crippen MR) is 76.4 cm³/mol. The first-order valence-corrected chi connectivity index (χ1v) is 6.86. The average molecular weight is 276 g/mol. The highest BCUT2D eigenvalue weighted by Gasteiger charge is 2.14. The van der Waals surface area contributed by atoms with Crippen LogP contribution < -0.4 is 0 Å². The van der Waals surface area contributed by atoms with Gasteiger partial charge < -0.3 is 9.52 Å². The summed E-state index contributed by atoms with van der Waals surface area (Å²) in [7, 11) is 0. The van der Waals surface area contributed by atoms with Gasteiger partial charge in [-0.1, -0.05) is 12.1 Å². The normalized spacial score (nSPS) is 11.6. The molecule has 0 amide bonds. The number of hydrogen-bond acceptors (Lipinski definition) is 4. The van der Waals surface area contributed by atoms with Crippen LogP contribution in [0.3, 0.4) is 0 Å². The largest absolute Gasteiger partial charge is 0.481 e. The van der Waals surface area contributed by atoms with Gasteiger partial charge in [-0.2, -0.15) is 0 Å². The lowest BCUT2D eigenvalue weighted by Crippen LogP contribution is -2.31. The Balaban J connectivity index is 2.01. The van der Waals surface area contributed by atoms with E-state index in [2.05, 4.69) is 23.7 Å². The van der Waals surface area contributed by atoms with E-state index in [-0.39, 0.29) is 6.42 Å². The summed E-state index contributed by atoms with van der Waals surface area (Å²) in [6, 6.07) is 7.99. The summed E-state index contributed by atoms with van der Waals surface area (Å²) in [5, 5.41) is 8.70. The molecular formula is C15H20N2O3.